The minimum absolute atomic E-state index is 0.118. The van der Waals surface area contributed by atoms with Gasteiger partial charge in [0, 0.05) is 5.56 Å². The van der Waals surface area contributed by atoms with E-state index in [9.17, 15) is 9.90 Å². The quantitative estimate of drug-likeness (QED) is 0.607. The molecule has 2 aromatic carbocycles. The van der Waals surface area contributed by atoms with Crippen molar-refractivity contribution in [2.75, 3.05) is 21.3 Å². The van der Waals surface area contributed by atoms with Gasteiger partial charge in [0.05, 0.1) is 32.6 Å². The maximum atomic E-state index is 12.1. The number of hydrogen-bond donors (Lipinski definition) is 2. The number of aromatic hydroxyl groups is 1. The normalized spacial score (nSPS) is 10.6. The molecule has 0 saturated carbocycles. The maximum Gasteiger partial charge on any atom is 0.271 e. The van der Waals surface area contributed by atoms with E-state index in [1.165, 1.54) is 39.7 Å². The molecule has 0 aliphatic carbocycles. The van der Waals surface area contributed by atoms with Gasteiger partial charge in [-0.2, -0.15) is 5.10 Å². The van der Waals surface area contributed by atoms with Crippen LogP contribution in [-0.4, -0.2) is 38.6 Å². The number of halogens is 1. The second kappa shape index (κ2) is 8.25. The van der Waals surface area contributed by atoms with E-state index < -0.39 is 5.91 Å². The molecule has 8 heteroatoms. The van der Waals surface area contributed by atoms with Crippen LogP contribution in [0.1, 0.15) is 15.9 Å². The van der Waals surface area contributed by atoms with Crippen LogP contribution < -0.4 is 19.6 Å². The van der Waals surface area contributed by atoms with Crippen molar-refractivity contribution in [2.45, 2.75) is 0 Å². The van der Waals surface area contributed by atoms with Crippen molar-refractivity contribution in [3.8, 4) is 23.0 Å². The Morgan fingerprint density at radius 2 is 1.76 bits per heavy atom. The number of phenols is 1. The number of amides is 1. The Balaban J connectivity index is 2.12. The van der Waals surface area contributed by atoms with Gasteiger partial charge in [-0.25, -0.2) is 5.43 Å². The summed E-state index contributed by atoms with van der Waals surface area (Å²) >= 11 is 5.89. The summed E-state index contributed by atoms with van der Waals surface area (Å²) in [6.45, 7) is 0. The molecule has 0 aromatic heterocycles. The number of benzene rings is 2. The first-order chi connectivity index (χ1) is 12.0. The van der Waals surface area contributed by atoms with Gasteiger partial charge in [0.15, 0.2) is 23.0 Å². The first-order valence-corrected chi connectivity index (χ1v) is 7.50. The summed E-state index contributed by atoms with van der Waals surface area (Å²) in [7, 11) is 4.41. The molecule has 0 aliphatic heterocycles. The monoisotopic (exact) mass is 364 g/mol. The zero-order valence-corrected chi connectivity index (χ0v) is 14.6. The summed E-state index contributed by atoms with van der Waals surface area (Å²) in [4.78, 5) is 12.1. The van der Waals surface area contributed by atoms with E-state index in [0.717, 1.165) is 0 Å². The molecule has 0 heterocycles. The number of phenolic OH excluding ortho intramolecular Hbond substituents is 1. The molecule has 0 spiro atoms. The van der Waals surface area contributed by atoms with Crippen molar-refractivity contribution in [2.24, 2.45) is 5.10 Å². The molecule has 0 saturated heterocycles. The van der Waals surface area contributed by atoms with Crippen LogP contribution in [0, 0.1) is 0 Å². The van der Waals surface area contributed by atoms with Gasteiger partial charge in [-0.05, 0) is 35.9 Å². The largest absolute Gasteiger partial charge is 0.503 e. The number of ether oxygens (including phenoxy) is 3. The first-order valence-electron chi connectivity index (χ1n) is 7.12. The molecule has 2 N–H and O–H groups in total. The Bertz CT molecular complexity index is 808. The lowest BCUT2D eigenvalue weighted by Gasteiger charge is -2.08. The zero-order chi connectivity index (χ0) is 18.4. The standard InChI is InChI=1S/C17H17ClN2O5/c1-23-13-5-4-11(8-14(13)24-2)17(22)20-19-9-10-6-12(18)16(21)15(7-10)25-3/h4-9,21H,1-3H3,(H,20,22)/b19-9+. The average molecular weight is 365 g/mol. The van der Waals surface area contributed by atoms with Crippen LogP contribution in [0.15, 0.2) is 35.4 Å². The molecule has 0 atom stereocenters. The highest BCUT2D eigenvalue weighted by molar-refractivity contribution is 6.32. The highest BCUT2D eigenvalue weighted by atomic mass is 35.5. The first kappa shape index (κ1) is 18.4. The Kier molecular flexibility index (Phi) is 6.08. The van der Waals surface area contributed by atoms with Crippen LogP contribution in [0.3, 0.4) is 0 Å². The molecule has 2 rings (SSSR count). The van der Waals surface area contributed by atoms with Crippen molar-refractivity contribution in [1.29, 1.82) is 0 Å². The zero-order valence-electron chi connectivity index (χ0n) is 13.9. The average Bonchev–Trinajstić information content (AvgIpc) is 2.63. The van der Waals surface area contributed by atoms with Crippen LogP contribution in [-0.2, 0) is 0 Å². The predicted octanol–water partition coefficient (Wildman–Crippen LogP) is 2.84. The number of nitrogens with one attached hydrogen (secondary N) is 1. The van der Waals surface area contributed by atoms with Gasteiger partial charge in [0.25, 0.3) is 5.91 Å². The molecule has 132 valence electrons. The van der Waals surface area contributed by atoms with E-state index in [1.807, 2.05) is 0 Å². The van der Waals surface area contributed by atoms with Crippen LogP contribution in [0.4, 0.5) is 0 Å². The fourth-order valence-corrected chi connectivity index (χ4v) is 2.25. The topological polar surface area (TPSA) is 89.4 Å². The maximum absolute atomic E-state index is 12.1. The van der Waals surface area contributed by atoms with Gasteiger partial charge in [-0.1, -0.05) is 11.6 Å². The number of methoxy groups -OCH3 is 3. The van der Waals surface area contributed by atoms with E-state index in [-0.39, 0.29) is 16.5 Å². The second-order valence-electron chi connectivity index (χ2n) is 4.82. The molecule has 25 heavy (non-hydrogen) atoms. The molecular formula is C17H17ClN2O5. The van der Waals surface area contributed by atoms with E-state index in [2.05, 4.69) is 10.5 Å². The van der Waals surface area contributed by atoms with Crippen LogP contribution in [0.2, 0.25) is 5.02 Å². The summed E-state index contributed by atoms with van der Waals surface area (Å²) in [5, 5.41) is 13.7. The molecule has 2 aromatic rings. The van der Waals surface area contributed by atoms with Crippen molar-refractivity contribution in [3.63, 3.8) is 0 Å². The molecule has 0 radical (unpaired) electrons. The number of rotatable bonds is 6. The lowest BCUT2D eigenvalue weighted by atomic mass is 10.2. The van der Waals surface area contributed by atoms with Gasteiger partial charge in [0.2, 0.25) is 0 Å². The smallest absolute Gasteiger partial charge is 0.271 e. The number of hydrazone groups is 1. The molecule has 0 unspecified atom stereocenters. The fourth-order valence-electron chi connectivity index (χ4n) is 2.03. The van der Waals surface area contributed by atoms with Crippen molar-refractivity contribution >= 4 is 23.7 Å². The van der Waals surface area contributed by atoms with E-state index in [4.69, 9.17) is 25.8 Å². The van der Waals surface area contributed by atoms with Gasteiger partial charge >= 0.3 is 0 Å². The van der Waals surface area contributed by atoms with Crippen molar-refractivity contribution in [1.82, 2.24) is 5.43 Å². The summed E-state index contributed by atoms with van der Waals surface area (Å²) in [5.41, 5.74) is 3.30. The summed E-state index contributed by atoms with van der Waals surface area (Å²) in [5.74, 6) is 0.590. The summed E-state index contributed by atoms with van der Waals surface area (Å²) in [6.07, 6.45) is 1.38. The van der Waals surface area contributed by atoms with E-state index in [0.29, 0.717) is 22.6 Å². The number of carbonyl (C=O) groups is 1. The van der Waals surface area contributed by atoms with Crippen molar-refractivity contribution in [3.05, 3.63) is 46.5 Å². The predicted molar refractivity (Wildman–Crippen MR) is 94.3 cm³/mol. The van der Waals surface area contributed by atoms with E-state index in [1.54, 1.807) is 18.2 Å². The highest BCUT2D eigenvalue weighted by Gasteiger charge is 2.10. The Morgan fingerprint density at radius 3 is 2.40 bits per heavy atom. The third-order valence-corrected chi connectivity index (χ3v) is 3.58. The van der Waals surface area contributed by atoms with Crippen LogP contribution in [0.25, 0.3) is 0 Å². The van der Waals surface area contributed by atoms with E-state index >= 15 is 0 Å². The Hall–Kier alpha value is -2.93. The molecular weight excluding hydrogens is 348 g/mol. The molecule has 7 nitrogen and oxygen atoms in total. The van der Waals surface area contributed by atoms with Gasteiger partial charge in [-0.15, -0.1) is 0 Å². The van der Waals surface area contributed by atoms with Crippen LogP contribution in [0.5, 0.6) is 23.0 Å². The molecule has 1 amide bonds. The summed E-state index contributed by atoms with van der Waals surface area (Å²) in [6, 6.07) is 7.79. The molecule has 0 bridgehead atoms. The number of nitrogens with zero attached hydrogens (tertiary/aromatic N) is 1. The van der Waals surface area contributed by atoms with Gasteiger partial charge in [-0.3, -0.25) is 4.79 Å². The Morgan fingerprint density at radius 1 is 1.08 bits per heavy atom. The highest BCUT2D eigenvalue weighted by Crippen LogP contribution is 2.34. The number of carbonyl (C=O) groups excluding carboxylic acids is 1. The lowest BCUT2D eigenvalue weighted by molar-refractivity contribution is 0.0954. The van der Waals surface area contributed by atoms with Gasteiger partial charge < -0.3 is 19.3 Å². The summed E-state index contributed by atoms with van der Waals surface area (Å²) < 4.78 is 15.3. The Labute approximate surface area is 149 Å². The third kappa shape index (κ3) is 4.33. The minimum Gasteiger partial charge on any atom is -0.503 e. The lowest BCUT2D eigenvalue weighted by Crippen LogP contribution is -2.17. The van der Waals surface area contributed by atoms with Crippen molar-refractivity contribution < 1.29 is 24.1 Å². The third-order valence-electron chi connectivity index (χ3n) is 3.30. The SMILES string of the molecule is COc1ccc(C(=O)N/N=C/c2cc(Cl)c(O)c(OC)c2)cc1OC. The second-order valence-corrected chi connectivity index (χ2v) is 5.23. The number of hydrogen-bond acceptors (Lipinski definition) is 6. The molecule has 0 fully saturated rings. The fraction of sp³-hybridized carbons (Fsp3) is 0.176. The molecule has 0 aliphatic rings. The van der Waals surface area contributed by atoms with Gasteiger partial charge in [0.1, 0.15) is 0 Å². The van der Waals surface area contributed by atoms with Crippen LogP contribution >= 0.6 is 11.6 Å². The minimum atomic E-state index is -0.422.